The Balaban J connectivity index is 1.57. The Bertz CT molecular complexity index is 1270. The number of nitrogen functional groups attached to an aromatic ring is 1. The van der Waals surface area contributed by atoms with Gasteiger partial charge in [0, 0.05) is 18.7 Å². The average molecular weight is 362 g/mol. The van der Waals surface area contributed by atoms with Gasteiger partial charge in [0.25, 0.3) is 0 Å². The molecule has 1 aromatic carbocycles. The van der Waals surface area contributed by atoms with Gasteiger partial charge in [-0.3, -0.25) is 0 Å². The molecular formula is C17H14N8O2. The molecule has 0 fully saturated rings. The van der Waals surface area contributed by atoms with E-state index in [1.807, 2.05) is 35.8 Å². The topological polar surface area (TPSA) is 134 Å². The zero-order chi connectivity index (χ0) is 18.4. The summed E-state index contributed by atoms with van der Waals surface area (Å²) < 4.78 is 12.6. The van der Waals surface area contributed by atoms with E-state index in [1.54, 1.807) is 12.5 Å². The van der Waals surface area contributed by atoms with Crippen LogP contribution in [0.3, 0.4) is 0 Å². The van der Waals surface area contributed by atoms with Gasteiger partial charge >= 0.3 is 0 Å². The highest BCUT2D eigenvalue weighted by atomic mass is 16.6. The van der Waals surface area contributed by atoms with Crippen molar-refractivity contribution in [2.75, 3.05) is 5.73 Å². The maximum Gasteiger partial charge on any atom is 0.221 e. The second-order valence-corrected chi connectivity index (χ2v) is 5.87. The number of fused-ring (bicyclic) bond motifs is 2. The molecule has 10 nitrogen and oxygen atoms in total. The van der Waals surface area contributed by atoms with Crippen LogP contribution in [0.25, 0.3) is 33.6 Å². The fourth-order valence-electron chi connectivity index (χ4n) is 3.02. The molecule has 3 N–H and O–H groups in total. The molecule has 10 heteroatoms. The van der Waals surface area contributed by atoms with Crippen molar-refractivity contribution in [2.24, 2.45) is 0 Å². The molecule has 0 atom stereocenters. The van der Waals surface area contributed by atoms with Crippen LogP contribution < -0.4 is 10.5 Å². The smallest absolute Gasteiger partial charge is 0.221 e. The summed E-state index contributed by atoms with van der Waals surface area (Å²) in [7, 11) is 0. The summed E-state index contributed by atoms with van der Waals surface area (Å²) in [5.74, 6) is 1.88. The van der Waals surface area contributed by atoms with Crippen LogP contribution in [0.15, 0.2) is 41.4 Å². The lowest BCUT2D eigenvalue weighted by molar-refractivity contribution is 0.310. The molecular weight excluding hydrogens is 348 g/mol. The van der Waals surface area contributed by atoms with Crippen molar-refractivity contribution < 1.29 is 9.37 Å². The van der Waals surface area contributed by atoms with Gasteiger partial charge in [-0.25, -0.2) is 19.6 Å². The molecule has 0 aliphatic rings. The van der Waals surface area contributed by atoms with Crippen molar-refractivity contribution >= 4 is 27.9 Å². The number of nitrogens with zero attached hydrogens (tertiary/aromatic N) is 6. The Morgan fingerprint density at radius 3 is 2.93 bits per heavy atom. The number of H-pyrrole nitrogens is 1. The first-order valence-electron chi connectivity index (χ1n) is 8.28. The first-order chi connectivity index (χ1) is 13.2. The van der Waals surface area contributed by atoms with Crippen molar-refractivity contribution in [3.05, 3.63) is 36.8 Å². The summed E-state index contributed by atoms with van der Waals surface area (Å²) in [6.45, 7) is 2.66. The summed E-state index contributed by atoms with van der Waals surface area (Å²) in [4.78, 5) is 16.2. The van der Waals surface area contributed by atoms with E-state index >= 15 is 0 Å². The standard InChI is InChI=1S/C17H14N8O2/c1-2-25-13-6-14(26-9-3-4-10-11(5-9)21-8-20-10)19-7-12(13)22-17(25)15-16(18)24-27-23-15/h3-8H,2H2,1H3,(H2,18,24)(H,20,21). The summed E-state index contributed by atoms with van der Waals surface area (Å²) in [6.07, 6.45) is 3.29. The molecule has 134 valence electrons. The molecule has 0 unspecified atom stereocenters. The minimum atomic E-state index is 0.192. The first-order valence-corrected chi connectivity index (χ1v) is 8.28. The molecule has 0 saturated carbocycles. The number of hydrogen-bond acceptors (Lipinski definition) is 8. The van der Waals surface area contributed by atoms with Crippen molar-refractivity contribution in [3.8, 4) is 23.1 Å². The number of imidazole rings is 2. The lowest BCUT2D eigenvalue weighted by Gasteiger charge is -2.06. The van der Waals surface area contributed by atoms with Crippen LogP contribution in [0, 0.1) is 0 Å². The molecule has 27 heavy (non-hydrogen) atoms. The van der Waals surface area contributed by atoms with Gasteiger partial charge in [-0.2, -0.15) is 0 Å². The van der Waals surface area contributed by atoms with Crippen molar-refractivity contribution in [2.45, 2.75) is 13.5 Å². The fraction of sp³-hybridized carbons (Fsp3) is 0.118. The van der Waals surface area contributed by atoms with Crippen LogP contribution in [0.4, 0.5) is 5.82 Å². The normalized spacial score (nSPS) is 11.4. The molecule has 0 aliphatic heterocycles. The molecule has 0 amide bonds. The first kappa shape index (κ1) is 15.3. The van der Waals surface area contributed by atoms with E-state index in [0.29, 0.717) is 35.2 Å². The number of aromatic amines is 1. The van der Waals surface area contributed by atoms with Gasteiger partial charge in [-0.1, -0.05) is 0 Å². The number of rotatable bonds is 4. The predicted molar refractivity (Wildman–Crippen MR) is 97.1 cm³/mol. The van der Waals surface area contributed by atoms with Gasteiger partial charge in [0.05, 0.1) is 29.1 Å². The van der Waals surface area contributed by atoms with Gasteiger partial charge < -0.3 is 20.0 Å². The van der Waals surface area contributed by atoms with E-state index in [-0.39, 0.29) is 5.82 Å². The number of benzene rings is 1. The summed E-state index contributed by atoms with van der Waals surface area (Å²) in [5.41, 5.74) is 9.54. The lowest BCUT2D eigenvalue weighted by atomic mass is 10.3. The van der Waals surface area contributed by atoms with Gasteiger partial charge in [-0.05, 0) is 29.4 Å². The number of pyridine rings is 1. The highest BCUT2D eigenvalue weighted by molar-refractivity contribution is 5.82. The van der Waals surface area contributed by atoms with Crippen molar-refractivity contribution in [1.82, 2.24) is 34.8 Å². The number of aromatic nitrogens is 7. The number of ether oxygens (including phenoxy) is 1. The summed E-state index contributed by atoms with van der Waals surface area (Å²) in [5, 5.41) is 7.47. The van der Waals surface area contributed by atoms with Gasteiger partial charge in [0.1, 0.15) is 11.3 Å². The van der Waals surface area contributed by atoms with Crippen molar-refractivity contribution in [3.63, 3.8) is 0 Å². The molecule has 5 rings (SSSR count). The Labute approximate surface area is 152 Å². The third-order valence-corrected chi connectivity index (χ3v) is 4.27. The van der Waals surface area contributed by atoms with Crippen LogP contribution in [-0.4, -0.2) is 34.8 Å². The van der Waals surface area contributed by atoms with Crippen LogP contribution in [0.1, 0.15) is 6.92 Å². The number of anilines is 1. The van der Waals surface area contributed by atoms with Gasteiger partial charge in [0.15, 0.2) is 17.3 Å². The summed E-state index contributed by atoms with van der Waals surface area (Å²) >= 11 is 0. The number of nitrogens with one attached hydrogen (secondary N) is 1. The highest BCUT2D eigenvalue weighted by Gasteiger charge is 2.19. The molecule has 0 aliphatic carbocycles. The molecule has 5 aromatic rings. The minimum absolute atomic E-state index is 0.192. The second-order valence-electron chi connectivity index (χ2n) is 5.87. The van der Waals surface area contributed by atoms with Gasteiger partial charge in [-0.15, -0.1) is 0 Å². The molecule has 0 radical (unpaired) electrons. The van der Waals surface area contributed by atoms with Crippen LogP contribution >= 0.6 is 0 Å². The van der Waals surface area contributed by atoms with Crippen LogP contribution in [-0.2, 0) is 6.54 Å². The van der Waals surface area contributed by atoms with E-state index < -0.39 is 0 Å². The fourth-order valence-corrected chi connectivity index (χ4v) is 3.02. The molecule has 0 saturated heterocycles. The Morgan fingerprint density at radius 2 is 2.11 bits per heavy atom. The average Bonchev–Trinajstić information content (AvgIpc) is 3.38. The van der Waals surface area contributed by atoms with Crippen LogP contribution in [0.5, 0.6) is 11.6 Å². The predicted octanol–water partition coefficient (Wildman–Crippen LogP) is 2.75. The Morgan fingerprint density at radius 1 is 1.19 bits per heavy atom. The second kappa shape index (κ2) is 5.80. The number of nitrogens with two attached hydrogens (primary N) is 1. The quantitative estimate of drug-likeness (QED) is 0.498. The van der Waals surface area contributed by atoms with E-state index in [1.165, 1.54) is 0 Å². The third kappa shape index (κ3) is 2.46. The Kier molecular flexibility index (Phi) is 3.29. The van der Waals surface area contributed by atoms with E-state index in [9.17, 15) is 0 Å². The zero-order valence-electron chi connectivity index (χ0n) is 14.2. The minimum Gasteiger partial charge on any atom is -0.439 e. The highest BCUT2D eigenvalue weighted by Crippen LogP contribution is 2.29. The van der Waals surface area contributed by atoms with E-state index in [2.05, 4.69) is 30.2 Å². The molecule has 4 aromatic heterocycles. The maximum absolute atomic E-state index is 5.92. The van der Waals surface area contributed by atoms with E-state index in [0.717, 1.165) is 16.6 Å². The van der Waals surface area contributed by atoms with Crippen LogP contribution in [0.2, 0.25) is 0 Å². The number of aryl methyl sites for hydroxylation is 1. The number of hydrogen-bond donors (Lipinski definition) is 2. The molecule has 0 spiro atoms. The lowest BCUT2D eigenvalue weighted by Crippen LogP contribution is -2.00. The monoisotopic (exact) mass is 362 g/mol. The zero-order valence-corrected chi connectivity index (χ0v) is 14.2. The third-order valence-electron chi connectivity index (χ3n) is 4.27. The summed E-state index contributed by atoms with van der Waals surface area (Å²) in [6, 6.07) is 7.43. The molecule has 0 bridgehead atoms. The van der Waals surface area contributed by atoms with Gasteiger partial charge in [0.2, 0.25) is 5.88 Å². The largest absolute Gasteiger partial charge is 0.439 e. The molecule has 4 heterocycles. The van der Waals surface area contributed by atoms with E-state index in [4.69, 9.17) is 15.1 Å². The SMILES string of the molecule is CCn1c(-c2nonc2N)nc2cnc(Oc3ccc4nc[nH]c4c3)cc21. The van der Waals surface area contributed by atoms with Crippen molar-refractivity contribution in [1.29, 1.82) is 0 Å². The maximum atomic E-state index is 5.92. The Hall–Kier alpha value is -3.95.